The van der Waals surface area contributed by atoms with Crippen molar-refractivity contribution in [2.75, 3.05) is 5.43 Å². The van der Waals surface area contributed by atoms with E-state index in [0.717, 1.165) is 28.8 Å². The van der Waals surface area contributed by atoms with E-state index < -0.39 is 36.3 Å². The largest absolute Gasteiger partial charge is 0.416 e. The van der Waals surface area contributed by atoms with E-state index >= 15 is 0 Å². The quantitative estimate of drug-likeness (QED) is 0.527. The van der Waals surface area contributed by atoms with Crippen molar-refractivity contribution in [1.29, 1.82) is 0 Å². The average Bonchev–Trinajstić information content (AvgIpc) is 3.31. The summed E-state index contributed by atoms with van der Waals surface area (Å²) in [5, 5.41) is 22.4. The molecule has 0 aliphatic carbocycles. The summed E-state index contributed by atoms with van der Waals surface area (Å²) < 4.78 is 46.1. The highest BCUT2D eigenvalue weighted by Crippen LogP contribution is 2.41. The molecule has 5 rings (SSSR count). The fourth-order valence-electron chi connectivity index (χ4n) is 4.28. The summed E-state index contributed by atoms with van der Waals surface area (Å²) in [7, 11) is 0. The van der Waals surface area contributed by atoms with Crippen LogP contribution in [-0.2, 0) is 17.5 Å². The van der Waals surface area contributed by atoms with Crippen molar-refractivity contribution in [3.8, 4) is 11.1 Å². The number of halogens is 3. The summed E-state index contributed by atoms with van der Waals surface area (Å²) in [6.07, 6.45) is -4.50. The van der Waals surface area contributed by atoms with Gasteiger partial charge in [0.2, 0.25) is 0 Å². The standard InChI is InChI=1S/C24H23F3N4O3/c1-14-20(32)21(33)23(34-14)31-12-18(15-5-3-2-4-6-15)19-11-30(13-28-22(19)31)29-17-9-7-16(8-10-17)24(25,26)27/h2-10,12-14,20-21,23,29,32-33H,11H2,1H3/t14-,20-,21-,23-/m1/s1. The lowest BCUT2D eigenvalue weighted by molar-refractivity contribution is -0.137. The second-order valence-corrected chi connectivity index (χ2v) is 8.39. The number of hydrazine groups is 1. The summed E-state index contributed by atoms with van der Waals surface area (Å²) >= 11 is 0. The van der Waals surface area contributed by atoms with E-state index in [1.807, 2.05) is 36.5 Å². The number of fused-ring (bicyclic) bond motifs is 1. The van der Waals surface area contributed by atoms with Crippen LogP contribution in [0.4, 0.5) is 24.7 Å². The molecule has 3 N–H and O–H groups in total. The molecule has 0 radical (unpaired) electrons. The van der Waals surface area contributed by atoms with Crippen LogP contribution in [0.3, 0.4) is 0 Å². The van der Waals surface area contributed by atoms with Crippen molar-refractivity contribution >= 4 is 17.8 Å². The second-order valence-electron chi connectivity index (χ2n) is 8.39. The highest BCUT2D eigenvalue weighted by atomic mass is 19.4. The van der Waals surface area contributed by atoms with Gasteiger partial charge < -0.3 is 19.5 Å². The van der Waals surface area contributed by atoms with Crippen LogP contribution in [-0.4, -0.2) is 44.4 Å². The Bertz CT molecular complexity index is 1190. The highest BCUT2D eigenvalue weighted by molar-refractivity contribution is 5.77. The van der Waals surface area contributed by atoms with Crippen molar-refractivity contribution in [3.63, 3.8) is 0 Å². The molecule has 10 heteroatoms. The van der Waals surface area contributed by atoms with Crippen molar-refractivity contribution in [2.45, 2.75) is 44.2 Å². The molecule has 1 saturated heterocycles. The Balaban J connectivity index is 1.46. The summed E-state index contributed by atoms with van der Waals surface area (Å²) in [5.74, 6) is 0.578. The van der Waals surface area contributed by atoms with Crippen LogP contribution in [0.5, 0.6) is 0 Å². The fraction of sp³-hybridized carbons (Fsp3) is 0.292. The minimum Gasteiger partial charge on any atom is -0.388 e. The molecule has 178 valence electrons. The van der Waals surface area contributed by atoms with Gasteiger partial charge in [0.05, 0.1) is 23.9 Å². The van der Waals surface area contributed by atoms with Crippen LogP contribution in [0.1, 0.15) is 24.3 Å². The second kappa shape index (κ2) is 8.46. The molecule has 2 aliphatic rings. The van der Waals surface area contributed by atoms with E-state index in [4.69, 9.17) is 4.74 Å². The molecule has 1 fully saturated rings. The minimum absolute atomic E-state index is 0.359. The van der Waals surface area contributed by atoms with Crippen LogP contribution in [0.15, 0.2) is 65.8 Å². The maximum Gasteiger partial charge on any atom is 0.416 e. The van der Waals surface area contributed by atoms with Gasteiger partial charge in [0.25, 0.3) is 0 Å². The number of anilines is 1. The van der Waals surface area contributed by atoms with Gasteiger partial charge in [-0.05, 0) is 36.8 Å². The lowest BCUT2D eigenvalue weighted by atomic mass is 10.0. The Labute approximate surface area is 193 Å². The number of nitrogens with zero attached hydrogens (tertiary/aromatic N) is 3. The molecule has 3 heterocycles. The fourth-order valence-corrected chi connectivity index (χ4v) is 4.28. The van der Waals surface area contributed by atoms with Crippen molar-refractivity contribution in [1.82, 2.24) is 9.58 Å². The first-order valence-electron chi connectivity index (χ1n) is 10.8. The Kier molecular flexibility index (Phi) is 5.59. The molecule has 2 aromatic carbocycles. The maximum atomic E-state index is 12.9. The zero-order chi connectivity index (χ0) is 24.0. The predicted octanol–water partition coefficient (Wildman–Crippen LogP) is 4.32. The average molecular weight is 472 g/mol. The number of rotatable bonds is 4. The van der Waals surface area contributed by atoms with Crippen molar-refractivity contribution in [3.05, 3.63) is 71.9 Å². The number of aliphatic imine (C=N–C) groups is 1. The Morgan fingerprint density at radius 3 is 2.35 bits per heavy atom. The van der Waals surface area contributed by atoms with Crippen LogP contribution in [0.25, 0.3) is 11.1 Å². The van der Waals surface area contributed by atoms with Gasteiger partial charge in [-0.3, -0.25) is 10.4 Å². The number of hydrogen-bond acceptors (Lipinski definition) is 6. The zero-order valence-electron chi connectivity index (χ0n) is 18.1. The van der Waals surface area contributed by atoms with Crippen molar-refractivity contribution in [2.24, 2.45) is 4.99 Å². The molecule has 2 aliphatic heterocycles. The molecular weight excluding hydrogens is 449 g/mol. The van der Waals surface area contributed by atoms with Gasteiger partial charge in [0.15, 0.2) is 6.23 Å². The molecule has 0 saturated carbocycles. The molecule has 0 bridgehead atoms. The number of ether oxygens (including phenoxy) is 1. The minimum atomic E-state index is -4.40. The zero-order valence-corrected chi connectivity index (χ0v) is 18.1. The van der Waals surface area contributed by atoms with E-state index in [2.05, 4.69) is 10.4 Å². The third-order valence-corrected chi connectivity index (χ3v) is 6.08. The number of aliphatic hydroxyl groups excluding tert-OH is 2. The first kappa shape index (κ1) is 22.5. The first-order chi connectivity index (χ1) is 16.2. The molecular formula is C24H23F3N4O3. The number of benzene rings is 2. The number of hydrogen-bond donors (Lipinski definition) is 3. The van der Waals surface area contributed by atoms with Crippen LogP contribution in [0.2, 0.25) is 0 Å². The summed E-state index contributed by atoms with van der Waals surface area (Å²) in [5.41, 5.74) is 5.48. The normalized spacial score (nSPS) is 24.4. The Morgan fingerprint density at radius 2 is 1.74 bits per heavy atom. The molecule has 34 heavy (non-hydrogen) atoms. The lowest BCUT2D eigenvalue weighted by Gasteiger charge is -2.26. The predicted molar refractivity (Wildman–Crippen MR) is 120 cm³/mol. The smallest absolute Gasteiger partial charge is 0.388 e. The van der Waals surface area contributed by atoms with Crippen LogP contribution < -0.4 is 5.43 Å². The summed E-state index contributed by atoms with van der Waals surface area (Å²) in [6.45, 7) is 2.05. The number of aromatic nitrogens is 1. The van der Waals surface area contributed by atoms with Crippen molar-refractivity contribution < 1.29 is 28.1 Å². The van der Waals surface area contributed by atoms with Gasteiger partial charge in [-0.2, -0.15) is 13.2 Å². The number of alkyl halides is 3. The third-order valence-electron chi connectivity index (χ3n) is 6.08. The SMILES string of the molecule is C[C@H]1O[C@@H](n2cc(-c3ccccc3)c3c2N=CN(Nc2ccc(C(F)(F)F)cc2)C3)[C@H](O)[C@@H]1O. The molecule has 3 aromatic rings. The van der Waals surface area contributed by atoms with Gasteiger partial charge in [0.1, 0.15) is 24.4 Å². The molecule has 0 spiro atoms. The van der Waals surface area contributed by atoms with Gasteiger partial charge in [-0.15, -0.1) is 0 Å². The van der Waals surface area contributed by atoms with E-state index in [-0.39, 0.29) is 0 Å². The maximum absolute atomic E-state index is 12.9. The molecule has 0 amide bonds. The van der Waals surface area contributed by atoms with E-state index in [9.17, 15) is 23.4 Å². The van der Waals surface area contributed by atoms with E-state index in [1.165, 1.54) is 18.5 Å². The summed E-state index contributed by atoms with van der Waals surface area (Å²) in [6, 6.07) is 14.4. The van der Waals surface area contributed by atoms with Crippen LogP contribution >= 0.6 is 0 Å². The molecule has 1 aromatic heterocycles. The number of nitrogens with one attached hydrogen (secondary N) is 1. The topological polar surface area (TPSA) is 82.2 Å². The van der Waals surface area contributed by atoms with E-state index in [0.29, 0.717) is 18.1 Å². The van der Waals surface area contributed by atoms with Gasteiger partial charge in [-0.25, -0.2) is 4.99 Å². The third kappa shape index (κ3) is 4.04. The van der Waals surface area contributed by atoms with Gasteiger partial charge in [0, 0.05) is 17.3 Å². The van der Waals surface area contributed by atoms with Gasteiger partial charge in [-0.1, -0.05) is 30.3 Å². The van der Waals surface area contributed by atoms with Gasteiger partial charge >= 0.3 is 6.18 Å². The van der Waals surface area contributed by atoms with E-state index in [1.54, 1.807) is 16.5 Å². The monoisotopic (exact) mass is 472 g/mol. The summed E-state index contributed by atoms with van der Waals surface area (Å²) in [4.78, 5) is 4.55. The van der Waals surface area contributed by atoms with Crippen LogP contribution in [0, 0.1) is 0 Å². The molecule has 7 nitrogen and oxygen atoms in total. The molecule has 0 unspecified atom stereocenters. The Morgan fingerprint density at radius 1 is 1.03 bits per heavy atom. The Hall–Kier alpha value is -3.34. The lowest BCUT2D eigenvalue weighted by Crippen LogP contribution is -2.31. The first-order valence-corrected chi connectivity index (χ1v) is 10.8. The number of aliphatic hydroxyl groups is 2. The highest BCUT2D eigenvalue weighted by Gasteiger charge is 2.43. The molecule has 4 atom stereocenters.